The Balaban J connectivity index is 1.36. The van der Waals surface area contributed by atoms with Crippen molar-refractivity contribution in [3.63, 3.8) is 0 Å². The van der Waals surface area contributed by atoms with Gasteiger partial charge in [-0.3, -0.25) is 9.89 Å². The number of carbonyl (C=O) groups is 1. The van der Waals surface area contributed by atoms with Crippen LogP contribution in [0.2, 0.25) is 0 Å². The number of nitrogens with one attached hydrogen (secondary N) is 3. The number of hydrogen-bond donors (Lipinski definition) is 4. The zero-order valence-electron chi connectivity index (χ0n) is 17.5. The van der Waals surface area contributed by atoms with Gasteiger partial charge in [-0.15, -0.1) is 0 Å². The second kappa shape index (κ2) is 8.97. The number of rotatable bonds is 8. The number of aliphatic hydroxyl groups is 1. The summed E-state index contributed by atoms with van der Waals surface area (Å²) < 4.78 is 7.39. The maximum atomic E-state index is 11.6. The molecule has 0 saturated heterocycles. The van der Waals surface area contributed by atoms with Gasteiger partial charge in [-0.25, -0.2) is 9.97 Å². The average molecular weight is 443 g/mol. The topological polar surface area (TPSA) is 129 Å². The summed E-state index contributed by atoms with van der Waals surface area (Å²) in [5.74, 6) is 0.877. The third-order valence-corrected chi connectivity index (χ3v) is 5.03. The molecule has 0 aliphatic rings. The number of amides is 1. The van der Waals surface area contributed by atoms with Crippen molar-refractivity contribution >= 4 is 34.0 Å². The van der Waals surface area contributed by atoms with Crippen molar-refractivity contribution in [1.82, 2.24) is 29.9 Å². The minimum Gasteiger partial charge on any atom is -0.484 e. The van der Waals surface area contributed by atoms with Crippen molar-refractivity contribution in [2.24, 2.45) is 0 Å². The second-order valence-corrected chi connectivity index (χ2v) is 7.32. The second-order valence-electron chi connectivity index (χ2n) is 7.32. The first-order valence-corrected chi connectivity index (χ1v) is 10.3. The Morgan fingerprint density at radius 2 is 2.06 bits per heavy atom. The van der Waals surface area contributed by atoms with Crippen molar-refractivity contribution in [2.75, 3.05) is 25.1 Å². The van der Waals surface area contributed by atoms with E-state index in [2.05, 4.69) is 25.8 Å². The van der Waals surface area contributed by atoms with Crippen LogP contribution in [0.4, 0.5) is 11.5 Å². The number of aliphatic hydroxyl groups excluding tert-OH is 1. The number of fused-ring (bicyclic) bond motifs is 2. The van der Waals surface area contributed by atoms with E-state index in [9.17, 15) is 4.79 Å². The lowest BCUT2D eigenvalue weighted by Crippen LogP contribution is -2.31. The lowest BCUT2D eigenvalue weighted by atomic mass is 10.1. The van der Waals surface area contributed by atoms with E-state index in [0.717, 1.165) is 27.8 Å². The SMILES string of the molecule is O=C(COc1ccc(Nc2nc(-c3ccc4cn[nH]c4c3)cn3ccnc23)cc1)NCCO. The van der Waals surface area contributed by atoms with Gasteiger partial charge in [0.25, 0.3) is 5.91 Å². The number of benzene rings is 2. The molecule has 3 aromatic heterocycles. The summed E-state index contributed by atoms with van der Waals surface area (Å²) in [6, 6.07) is 13.2. The molecule has 5 rings (SSSR count). The number of carbonyl (C=O) groups excluding carboxylic acids is 1. The predicted octanol–water partition coefficient (Wildman–Crippen LogP) is 2.50. The molecule has 0 radical (unpaired) electrons. The highest BCUT2D eigenvalue weighted by atomic mass is 16.5. The number of aromatic nitrogens is 5. The van der Waals surface area contributed by atoms with Crippen LogP contribution in [-0.4, -0.2) is 55.3 Å². The van der Waals surface area contributed by atoms with Crippen LogP contribution < -0.4 is 15.4 Å². The van der Waals surface area contributed by atoms with Crippen LogP contribution in [0, 0.1) is 0 Å². The molecule has 2 aromatic carbocycles. The molecule has 0 aliphatic heterocycles. The lowest BCUT2D eigenvalue weighted by Gasteiger charge is -2.11. The van der Waals surface area contributed by atoms with Crippen LogP contribution in [-0.2, 0) is 4.79 Å². The van der Waals surface area contributed by atoms with Crippen molar-refractivity contribution in [1.29, 1.82) is 0 Å². The van der Waals surface area contributed by atoms with E-state index >= 15 is 0 Å². The van der Waals surface area contributed by atoms with E-state index < -0.39 is 0 Å². The number of anilines is 2. The first-order valence-electron chi connectivity index (χ1n) is 10.3. The van der Waals surface area contributed by atoms with Gasteiger partial charge in [-0.1, -0.05) is 12.1 Å². The molecule has 0 unspecified atom stereocenters. The number of nitrogens with zero attached hydrogens (tertiary/aromatic N) is 4. The smallest absolute Gasteiger partial charge is 0.258 e. The Hall–Kier alpha value is -4.44. The lowest BCUT2D eigenvalue weighted by molar-refractivity contribution is -0.123. The summed E-state index contributed by atoms with van der Waals surface area (Å²) in [5.41, 5.74) is 4.17. The molecular weight excluding hydrogens is 422 g/mol. The molecular formula is C23H21N7O3. The Morgan fingerprint density at radius 3 is 2.91 bits per heavy atom. The fourth-order valence-electron chi connectivity index (χ4n) is 3.42. The predicted molar refractivity (Wildman–Crippen MR) is 123 cm³/mol. The van der Waals surface area contributed by atoms with Gasteiger partial charge in [0.2, 0.25) is 0 Å². The fraction of sp³-hybridized carbons (Fsp3) is 0.130. The number of imidazole rings is 1. The first-order chi connectivity index (χ1) is 16.2. The third-order valence-electron chi connectivity index (χ3n) is 5.03. The van der Waals surface area contributed by atoms with Gasteiger partial charge < -0.3 is 24.9 Å². The molecule has 0 saturated carbocycles. The summed E-state index contributed by atoms with van der Waals surface area (Å²) in [6.45, 7) is -0.0240. The van der Waals surface area contributed by atoms with E-state index in [0.29, 0.717) is 17.2 Å². The highest BCUT2D eigenvalue weighted by molar-refractivity contribution is 5.84. The Morgan fingerprint density at radius 1 is 1.18 bits per heavy atom. The standard InChI is InChI=1S/C23H21N7O3/c31-10-8-24-21(32)14-33-18-5-3-17(4-6-18)27-22-23-25-7-9-30(23)13-20(28-22)15-1-2-16-12-26-29-19(16)11-15/h1-7,9,11-13,31H,8,10,14H2,(H,24,32)(H,26,29)(H,27,28). The molecule has 5 aromatic rings. The third kappa shape index (κ3) is 4.46. The molecule has 166 valence electrons. The molecule has 0 aliphatic carbocycles. The fourth-order valence-corrected chi connectivity index (χ4v) is 3.42. The van der Waals surface area contributed by atoms with Gasteiger partial charge >= 0.3 is 0 Å². The number of aromatic amines is 1. The van der Waals surface area contributed by atoms with Crippen molar-refractivity contribution in [2.45, 2.75) is 0 Å². The average Bonchev–Trinajstić information content (AvgIpc) is 3.51. The van der Waals surface area contributed by atoms with Crippen LogP contribution in [0.1, 0.15) is 0 Å². The van der Waals surface area contributed by atoms with Crippen molar-refractivity contribution < 1.29 is 14.6 Å². The van der Waals surface area contributed by atoms with E-state index in [1.165, 1.54) is 0 Å². The highest BCUT2D eigenvalue weighted by Crippen LogP contribution is 2.27. The van der Waals surface area contributed by atoms with Crippen LogP contribution in [0.15, 0.2) is 67.3 Å². The summed E-state index contributed by atoms with van der Waals surface area (Å²) in [7, 11) is 0. The summed E-state index contributed by atoms with van der Waals surface area (Å²) in [5, 5.41) is 22.7. The van der Waals surface area contributed by atoms with Gasteiger partial charge in [-0.2, -0.15) is 5.10 Å². The van der Waals surface area contributed by atoms with Crippen LogP contribution in [0.3, 0.4) is 0 Å². The zero-order valence-corrected chi connectivity index (χ0v) is 17.5. The Bertz CT molecular complexity index is 1410. The molecule has 0 atom stereocenters. The number of H-pyrrole nitrogens is 1. The van der Waals surface area contributed by atoms with Crippen LogP contribution in [0.5, 0.6) is 5.75 Å². The Kier molecular flexibility index (Phi) is 5.56. The van der Waals surface area contributed by atoms with Gasteiger partial charge in [0, 0.05) is 41.8 Å². The molecule has 0 fully saturated rings. The molecule has 0 bridgehead atoms. The summed E-state index contributed by atoms with van der Waals surface area (Å²) >= 11 is 0. The molecule has 10 nitrogen and oxygen atoms in total. The summed E-state index contributed by atoms with van der Waals surface area (Å²) in [4.78, 5) is 20.8. The van der Waals surface area contributed by atoms with E-state index in [4.69, 9.17) is 14.8 Å². The largest absolute Gasteiger partial charge is 0.484 e. The van der Waals surface area contributed by atoms with E-state index in [1.54, 1.807) is 24.5 Å². The Labute approximate surface area is 188 Å². The maximum Gasteiger partial charge on any atom is 0.258 e. The maximum absolute atomic E-state index is 11.6. The minimum absolute atomic E-state index is 0.108. The van der Waals surface area contributed by atoms with Gasteiger partial charge in [0.1, 0.15) is 5.75 Å². The molecule has 0 spiro atoms. The van der Waals surface area contributed by atoms with E-state index in [1.807, 2.05) is 47.1 Å². The van der Waals surface area contributed by atoms with Crippen molar-refractivity contribution in [3.8, 4) is 17.0 Å². The number of hydrogen-bond acceptors (Lipinski definition) is 7. The van der Waals surface area contributed by atoms with Gasteiger partial charge in [0.05, 0.1) is 24.0 Å². The first kappa shape index (κ1) is 20.5. The quantitative estimate of drug-likeness (QED) is 0.290. The molecule has 1 amide bonds. The zero-order chi connectivity index (χ0) is 22.6. The molecule has 10 heteroatoms. The van der Waals surface area contributed by atoms with Crippen LogP contribution >= 0.6 is 0 Å². The molecule has 3 heterocycles. The highest BCUT2D eigenvalue weighted by Gasteiger charge is 2.11. The van der Waals surface area contributed by atoms with E-state index in [-0.39, 0.29) is 25.7 Å². The molecule has 4 N–H and O–H groups in total. The number of ether oxygens (including phenoxy) is 1. The molecule has 33 heavy (non-hydrogen) atoms. The van der Waals surface area contributed by atoms with Gasteiger partial charge in [0.15, 0.2) is 18.1 Å². The van der Waals surface area contributed by atoms with Crippen LogP contribution in [0.25, 0.3) is 27.8 Å². The summed E-state index contributed by atoms with van der Waals surface area (Å²) in [6.07, 6.45) is 7.32. The minimum atomic E-state index is -0.290. The monoisotopic (exact) mass is 443 g/mol. The van der Waals surface area contributed by atoms with Crippen molar-refractivity contribution in [3.05, 3.63) is 67.3 Å². The normalized spacial score (nSPS) is 11.1. The van der Waals surface area contributed by atoms with Gasteiger partial charge in [-0.05, 0) is 30.3 Å².